The van der Waals surface area contributed by atoms with Crippen molar-refractivity contribution in [3.63, 3.8) is 0 Å². The highest BCUT2D eigenvalue weighted by atomic mass is 16.5. The summed E-state index contributed by atoms with van der Waals surface area (Å²) in [5.74, 6) is -2.32. The lowest BCUT2D eigenvalue weighted by Crippen LogP contribution is -2.10. The summed E-state index contributed by atoms with van der Waals surface area (Å²) < 4.78 is 9.66. The zero-order valence-electron chi connectivity index (χ0n) is 12.2. The number of primary amides is 2. The van der Waals surface area contributed by atoms with Crippen molar-refractivity contribution in [2.45, 2.75) is 25.7 Å². The van der Waals surface area contributed by atoms with Crippen LogP contribution in [0.3, 0.4) is 0 Å². The minimum atomic E-state index is -0.677. The van der Waals surface area contributed by atoms with Crippen LogP contribution in [0.2, 0.25) is 0 Å². The van der Waals surface area contributed by atoms with E-state index in [1.54, 1.807) is 0 Å². The van der Waals surface area contributed by atoms with Crippen LogP contribution in [0.4, 0.5) is 0 Å². The SMILES string of the molecule is NC(=O)/C=C\C(N)=O.O=C1/C=C\C(=O)OCCCCCCO1. The van der Waals surface area contributed by atoms with E-state index in [9.17, 15) is 19.2 Å². The van der Waals surface area contributed by atoms with Crippen LogP contribution in [0.15, 0.2) is 24.3 Å². The summed E-state index contributed by atoms with van der Waals surface area (Å²) >= 11 is 0. The molecule has 8 nitrogen and oxygen atoms in total. The molecule has 1 heterocycles. The molecule has 0 aromatic carbocycles. The van der Waals surface area contributed by atoms with Gasteiger partial charge in [-0.05, 0) is 25.7 Å². The molecule has 0 saturated carbocycles. The number of ether oxygens (including phenoxy) is 2. The highest BCUT2D eigenvalue weighted by Gasteiger charge is 2.02. The molecule has 0 spiro atoms. The predicted octanol–water partition coefficient (Wildman–Crippen LogP) is -0.284. The monoisotopic (exact) mass is 312 g/mol. The average molecular weight is 312 g/mol. The molecule has 0 unspecified atom stereocenters. The van der Waals surface area contributed by atoms with E-state index in [2.05, 4.69) is 11.5 Å². The molecule has 0 atom stereocenters. The van der Waals surface area contributed by atoms with Crippen molar-refractivity contribution in [1.29, 1.82) is 0 Å². The Hall–Kier alpha value is -2.64. The smallest absolute Gasteiger partial charge is 0.331 e. The van der Waals surface area contributed by atoms with Gasteiger partial charge >= 0.3 is 11.9 Å². The first-order chi connectivity index (χ1) is 10.4. The van der Waals surface area contributed by atoms with E-state index in [4.69, 9.17) is 9.47 Å². The topological polar surface area (TPSA) is 139 Å². The number of carbonyl (C=O) groups excluding carboxylic acids is 4. The van der Waals surface area contributed by atoms with E-state index in [0.29, 0.717) is 13.2 Å². The maximum absolute atomic E-state index is 10.9. The summed E-state index contributed by atoms with van der Waals surface area (Å²) in [5, 5.41) is 0. The summed E-state index contributed by atoms with van der Waals surface area (Å²) in [6.45, 7) is 0.858. The predicted molar refractivity (Wildman–Crippen MR) is 77.1 cm³/mol. The molecule has 0 aromatic rings. The largest absolute Gasteiger partial charge is 0.463 e. The molecule has 0 fully saturated rings. The van der Waals surface area contributed by atoms with Crippen molar-refractivity contribution in [1.82, 2.24) is 0 Å². The van der Waals surface area contributed by atoms with Crippen molar-refractivity contribution < 1.29 is 28.7 Å². The zero-order chi connectivity index (χ0) is 16.8. The number of hydrogen-bond donors (Lipinski definition) is 2. The van der Waals surface area contributed by atoms with Crippen LogP contribution in [0.25, 0.3) is 0 Å². The molecule has 0 bridgehead atoms. The molecule has 122 valence electrons. The van der Waals surface area contributed by atoms with E-state index in [-0.39, 0.29) is 0 Å². The molecule has 0 aliphatic carbocycles. The average Bonchev–Trinajstić information content (AvgIpc) is 2.45. The van der Waals surface area contributed by atoms with E-state index < -0.39 is 23.8 Å². The van der Waals surface area contributed by atoms with Crippen molar-refractivity contribution >= 4 is 23.8 Å². The maximum atomic E-state index is 10.9. The summed E-state index contributed by atoms with van der Waals surface area (Å²) in [7, 11) is 0. The van der Waals surface area contributed by atoms with Gasteiger partial charge in [0.2, 0.25) is 11.8 Å². The van der Waals surface area contributed by atoms with Gasteiger partial charge < -0.3 is 20.9 Å². The molecule has 0 radical (unpaired) electrons. The Kier molecular flexibility index (Phi) is 10.7. The van der Waals surface area contributed by atoms with E-state index >= 15 is 0 Å². The van der Waals surface area contributed by atoms with Crippen LogP contribution < -0.4 is 11.5 Å². The van der Waals surface area contributed by atoms with Gasteiger partial charge in [-0.1, -0.05) is 0 Å². The number of cyclic esters (lactones) is 2. The second-order valence-electron chi connectivity index (χ2n) is 4.22. The number of carbonyl (C=O) groups is 4. The minimum Gasteiger partial charge on any atom is -0.463 e. The Balaban J connectivity index is 0.000000472. The van der Waals surface area contributed by atoms with Gasteiger partial charge in [-0.15, -0.1) is 0 Å². The van der Waals surface area contributed by atoms with Gasteiger partial charge in [0, 0.05) is 24.3 Å². The maximum Gasteiger partial charge on any atom is 0.331 e. The molecule has 8 heteroatoms. The third-order valence-corrected chi connectivity index (χ3v) is 2.29. The normalized spacial score (nSPS) is 17.8. The van der Waals surface area contributed by atoms with Crippen LogP contribution in [0, 0.1) is 0 Å². The Morgan fingerprint density at radius 1 is 0.818 bits per heavy atom. The Bertz CT molecular complexity index is 416. The molecular formula is C14H20N2O6. The minimum absolute atomic E-state index is 0.429. The van der Waals surface area contributed by atoms with Crippen LogP contribution in [0.5, 0.6) is 0 Å². The molecular weight excluding hydrogens is 292 g/mol. The lowest BCUT2D eigenvalue weighted by Gasteiger charge is -2.05. The molecule has 2 amide bonds. The first-order valence-electron chi connectivity index (χ1n) is 6.70. The molecule has 4 N–H and O–H groups in total. The first kappa shape index (κ1) is 19.4. The van der Waals surface area contributed by atoms with Crippen LogP contribution in [-0.4, -0.2) is 37.0 Å². The Morgan fingerprint density at radius 3 is 1.50 bits per heavy atom. The van der Waals surface area contributed by atoms with Gasteiger partial charge in [0.1, 0.15) is 0 Å². The Labute approximate surface area is 128 Å². The van der Waals surface area contributed by atoms with Gasteiger partial charge in [0.15, 0.2) is 0 Å². The quantitative estimate of drug-likeness (QED) is 0.531. The molecule has 1 aliphatic rings. The standard InChI is InChI=1S/C10H14O4.C4H6N2O2/c11-9-5-6-10(12)14-8-4-2-1-3-7-13-9;5-3(7)1-2-4(6)8/h5-6H,1-4,7-8H2;1-2H,(H2,5,7)(H2,6,8)/b6-5-;2-1-. The number of hydrogen-bond acceptors (Lipinski definition) is 6. The van der Waals surface area contributed by atoms with Gasteiger partial charge in [-0.25, -0.2) is 9.59 Å². The highest BCUT2D eigenvalue weighted by molar-refractivity contribution is 5.95. The second-order valence-corrected chi connectivity index (χ2v) is 4.22. The molecule has 22 heavy (non-hydrogen) atoms. The highest BCUT2D eigenvalue weighted by Crippen LogP contribution is 2.02. The summed E-state index contributed by atoms with van der Waals surface area (Å²) in [6, 6.07) is 0. The van der Waals surface area contributed by atoms with Gasteiger partial charge in [-0.3, -0.25) is 9.59 Å². The van der Waals surface area contributed by atoms with Crippen molar-refractivity contribution in [3.8, 4) is 0 Å². The Morgan fingerprint density at radius 2 is 1.18 bits per heavy atom. The summed E-state index contributed by atoms with van der Waals surface area (Å²) in [4.78, 5) is 41.5. The van der Waals surface area contributed by atoms with E-state index in [1.165, 1.54) is 0 Å². The van der Waals surface area contributed by atoms with E-state index in [1.807, 2.05) is 0 Å². The third-order valence-electron chi connectivity index (χ3n) is 2.29. The number of esters is 2. The number of rotatable bonds is 2. The summed E-state index contributed by atoms with van der Waals surface area (Å²) in [6.07, 6.45) is 7.74. The fourth-order valence-electron chi connectivity index (χ4n) is 1.30. The van der Waals surface area contributed by atoms with Crippen molar-refractivity contribution in [3.05, 3.63) is 24.3 Å². The lowest BCUT2D eigenvalue weighted by molar-refractivity contribution is -0.140. The fourth-order valence-corrected chi connectivity index (χ4v) is 1.30. The first-order valence-corrected chi connectivity index (χ1v) is 6.70. The van der Waals surface area contributed by atoms with Crippen LogP contribution in [0.1, 0.15) is 25.7 Å². The second kappa shape index (κ2) is 12.1. The fraction of sp³-hybridized carbons (Fsp3) is 0.429. The zero-order valence-corrected chi connectivity index (χ0v) is 12.2. The van der Waals surface area contributed by atoms with Gasteiger partial charge in [0.25, 0.3) is 0 Å². The van der Waals surface area contributed by atoms with Gasteiger partial charge in [-0.2, -0.15) is 0 Å². The van der Waals surface area contributed by atoms with Crippen LogP contribution in [-0.2, 0) is 28.7 Å². The molecule has 0 aromatic heterocycles. The third kappa shape index (κ3) is 13.8. The summed E-state index contributed by atoms with van der Waals surface area (Å²) in [5.41, 5.74) is 9.21. The van der Waals surface area contributed by atoms with Crippen molar-refractivity contribution in [2.24, 2.45) is 11.5 Å². The van der Waals surface area contributed by atoms with Crippen molar-refractivity contribution in [2.75, 3.05) is 13.2 Å². The number of amides is 2. The van der Waals surface area contributed by atoms with E-state index in [0.717, 1.165) is 50.0 Å². The van der Waals surface area contributed by atoms with Crippen LogP contribution >= 0.6 is 0 Å². The molecule has 1 rings (SSSR count). The number of nitrogens with two attached hydrogens (primary N) is 2. The molecule has 1 aliphatic heterocycles. The molecule has 0 saturated heterocycles. The van der Waals surface area contributed by atoms with Gasteiger partial charge in [0.05, 0.1) is 13.2 Å². The lowest BCUT2D eigenvalue weighted by atomic mass is 10.2.